The van der Waals surface area contributed by atoms with Crippen molar-refractivity contribution in [1.29, 1.82) is 0 Å². The van der Waals surface area contributed by atoms with Gasteiger partial charge in [0.25, 0.3) is 0 Å². The number of thioether (sulfide) groups is 1. The summed E-state index contributed by atoms with van der Waals surface area (Å²) in [5, 5.41) is 0.505. The monoisotopic (exact) mass is 539 g/mol. The molecule has 2 atom stereocenters. The zero-order valence-corrected chi connectivity index (χ0v) is 21.6. The van der Waals surface area contributed by atoms with Crippen LogP contribution in [0.15, 0.2) is 40.4 Å². The first-order chi connectivity index (χ1) is 17.2. The number of ether oxygens (including phenoxy) is 1. The average molecular weight is 540 g/mol. The maximum Gasteiger partial charge on any atom is 0.243 e. The van der Waals surface area contributed by atoms with E-state index in [2.05, 4.69) is 11.9 Å². The van der Waals surface area contributed by atoms with E-state index in [1.807, 2.05) is 4.57 Å². The Bertz CT molecular complexity index is 1370. The van der Waals surface area contributed by atoms with Gasteiger partial charge >= 0.3 is 0 Å². The predicted octanol–water partition coefficient (Wildman–Crippen LogP) is 5.35. The molecule has 0 N–H and O–H groups in total. The van der Waals surface area contributed by atoms with Gasteiger partial charge in [0.05, 0.1) is 28.6 Å². The largest absolute Gasteiger partial charge is 0.376 e. The van der Waals surface area contributed by atoms with Crippen LogP contribution in [0.3, 0.4) is 0 Å². The van der Waals surface area contributed by atoms with Crippen molar-refractivity contribution in [2.45, 2.75) is 61.1 Å². The van der Waals surface area contributed by atoms with Gasteiger partial charge in [0.2, 0.25) is 10.0 Å². The van der Waals surface area contributed by atoms with Crippen molar-refractivity contribution in [1.82, 2.24) is 13.9 Å². The third kappa shape index (κ3) is 5.16. The van der Waals surface area contributed by atoms with Crippen LogP contribution in [0.25, 0.3) is 11.0 Å². The molecule has 3 aromatic rings. The number of rotatable bonds is 7. The van der Waals surface area contributed by atoms with Crippen LogP contribution in [0.1, 0.15) is 38.2 Å². The highest BCUT2D eigenvalue weighted by Crippen LogP contribution is 2.32. The van der Waals surface area contributed by atoms with Crippen LogP contribution in [-0.4, -0.2) is 48.1 Å². The van der Waals surface area contributed by atoms with E-state index in [0.717, 1.165) is 49.0 Å². The van der Waals surface area contributed by atoms with E-state index in [1.54, 1.807) is 18.2 Å². The van der Waals surface area contributed by atoms with Crippen LogP contribution in [-0.2, 0) is 27.1 Å². The molecule has 0 saturated carbocycles. The van der Waals surface area contributed by atoms with Crippen molar-refractivity contribution in [3.63, 3.8) is 0 Å². The number of sulfonamides is 1. The molecule has 11 heteroatoms. The first-order valence-electron chi connectivity index (χ1n) is 12.1. The Hall–Kier alpha value is -2.08. The van der Waals surface area contributed by atoms with Crippen molar-refractivity contribution in [3.8, 4) is 0 Å². The number of benzene rings is 2. The summed E-state index contributed by atoms with van der Waals surface area (Å²) in [6.07, 6.45) is 3.65. The van der Waals surface area contributed by atoms with Gasteiger partial charge in [-0.15, -0.1) is 0 Å². The molecule has 2 fully saturated rings. The summed E-state index contributed by atoms with van der Waals surface area (Å²) in [6.45, 7) is 4.20. The Balaban J connectivity index is 1.49. The molecule has 36 heavy (non-hydrogen) atoms. The summed E-state index contributed by atoms with van der Waals surface area (Å²) in [4.78, 5) is 4.84. The van der Waals surface area contributed by atoms with Crippen molar-refractivity contribution < 1.29 is 26.3 Å². The van der Waals surface area contributed by atoms with E-state index in [0.29, 0.717) is 48.9 Å². The van der Waals surface area contributed by atoms with Gasteiger partial charge in [-0.05, 0) is 55.9 Å². The van der Waals surface area contributed by atoms with Gasteiger partial charge < -0.3 is 9.30 Å². The number of piperidine rings is 1. The molecular weight excluding hydrogens is 511 g/mol. The maximum absolute atomic E-state index is 14.2. The average Bonchev–Trinajstić information content (AvgIpc) is 3.48. The highest BCUT2D eigenvalue weighted by Gasteiger charge is 2.29. The normalized spacial score (nSPS) is 21.4. The number of hydrogen-bond donors (Lipinski definition) is 0. The van der Waals surface area contributed by atoms with E-state index >= 15 is 0 Å². The first kappa shape index (κ1) is 25.6. The smallest absolute Gasteiger partial charge is 0.243 e. The molecule has 0 unspecified atom stereocenters. The lowest BCUT2D eigenvalue weighted by Gasteiger charge is -2.30. The van der Waals surface area contributed by atoms with Crippen molar-refractivity contribution in [2.75, 3.05) is 19.7 Å². The zero-order chi connectivity index (χ0) is 25.4. The van der Waals surface area contributed by atoms with Crippen LogP contribution < -0.4 is 0 Å². The Morgan fingerprint density at radius 3 is 2.72 bits per heavy atom. The van der Waals surface area contributed by atoms with E-state index < -0.39 is 27.5 Å². The van der Waals surface area contributed by atoms with Gasteiger partial charge in [0.15, 0.2) is 16.8 Å². The SMILES string of the molecule is C[C@@H]1CCCN(S(=O)(=O)c2ccc3c(c2)nc(SCc2cc(F)cc(F)c2F)n3C[C@@H]2CCCO2)C1. The molecule has 1 aromatic heterocycles. The molecule has 0 aliphatic carbocycles. The standard InChI is InChI=1S/C25H28F3N3O3S2/c1-16-4-2-8-30(13-16)36(32,33)20-6-7-23-22(12-20)29-25(31(23)14-19-5-3-9-34-19)35-15-17-10-18(26)11-21(27)24(17)28/h6-7,10-12,16,19H,2-5,8-9,13-15H2,1H3/t16-,19+/m1/s1. The van der Waals surface area contributed by atoms with Crippen LogP contribution in [0, 0.1) is 23.4 Å². The molecule has 2 saturated heterocycles. The highest BCUT2D eigenvalue weighted by atomic mass is 32.2. The minimum absolute atomic E-state index is 0.0247. The molecular formula is C25H28F3N3O3S2. The Morgan fingerprint density at radius 2 is 1.97 bits per heavy atom. The van der Waals surface area contributed by atoms with Crippen LogP contribution in [0.5, 0.6) is 0 Å². The highest BCUT2D eigenvalue weighted by molar-refractivity contribution is 7.98. The Labute approximate surface area is 212 Å². The first-order valence-corrected chi connectivity index (χ1v) is 14.5. The number of imidazole rings is 1. The molecule has 0 radical (unpaired) electrons. The second-order valence-electron chi connectivity index (χ2n) is 9.55. The summed E-state index contributed by atoms with van der Waals surface area (Å²) in [6, 6.07) is 6.40. The number of halogens is 3. The van der Waals surface area contributed by atoms with Crippen molar-refractivity contribution in [2.24, 2.45) is 5.92 Å². The molecule has 0 amide bonds. The van der Waals surface area contributed by atoms with E-state index in [9.17, 15) is 21.6 Å². The zero-order valence-electron chi connectivity index (χ0n) is 19.9. The molecule has 2 aromatic carbocycles. The lowest BCUT2D eigenvalue weighted by Crippen LogP contribution is -2.39. The fraction of sp³-hybridized carbons (Fsp3) is 0.480. The second kappa shape index (κ2) is 10.4. The van der Waals surface area contributed by atoms with Crippen LogP contribution >= 0.6 is 11.8 Å². The molecule has 0 bridgehead atoms. The van der Waals surface area contributed by atoms with E-state index in [1.165, 1.54) is 4.31 Å². The van der Waals surface area contributed by atoms with Gasteiger partial charge in [-0.25, -0.2) is 26.6 Å². The Kier molecular flexibility index (Phi) is 7.35. The molecule has 3 heterocycles. The van der Waals surface area contributed by atoms with E-state index in [-0.39, 0.29) is 22.3 Å². The third-order valence-corrected chi connectivity index (χ3v) is 9.66. The molecule has 6 nitrogen and oxygen atoms in total. The van der Waals surface area contributed by atoms with Crippen LogP contribution in [0.4, 0.5) is 13.2 Å². The summed E-state index contributed by atoms with van der Waals surface area (Å²) in [5.74, 6) is -2.90. The summed E-state index contributed by atoms with van der Waals surface area (Å²) < 4.78 is 77.5. The van der Waals surface area contributed by atoms with Gasteiger partial charge in [-0.1, -0.05) is 18.7 Å². The second-order valence-corrected chi connectivity index (χ2v) is 12.4. The summed E-state index contributed by atoms with van der Waals surface area (Å²) in [7, 11) is -3.66. The minimum Gasteiger partial charge on any atom is -0.376 e. The molecule has 0 spiro atoms. The van der Waals surface area contributed by atoms with Gasteiger partial charge in [-0.2, -0.15) is 4.31 Å². The predicted molar refractivity (Wildman–Crippen MR) is 132 cm³/mol. The van der Waals surface area contributed by atoms with Gasteiger partial charge in [0, 0.05) is 37.1 Å². The Morgan fingerprint density at radius 1 is 1.14 bits per heavy atom. The number of aromatic nitrogens is 2. The van der Waals surface area contributed by atoms with E-state index in [4.69, 9.17) is 4.74 Å². The number of hydrogen-bond acceptors (Lipinski definition) is 5. The fourth-order valence-corrected chi connectivity index (χ4v) is 7.50. The molecule has 5 rings (SSSR count). The van der Waals surface area contributed by atoms with Crippen molar-refractivity contribution in [3.05, 3.63) is 53.3 Å². The van der Waals surface area contributed by atoms with Crippen LogP contribution in [0.2, 0.25) is 0 Å². The summed E-state index contributed by atoms with van der Waals surface area (Å²) in [5.41, 5.74) is 1.12. The summed E-state index contributed by atoms with van der Waals surface area (Å²) >= 11 is 1.15. The lowest BCUT2D eigenvalue weighted by molar-refractivity contribution is 0.0960. The van der Waals surface area contributed by atoms with Gasteiger partial charge in [0.1, 0.15) is 5.82 Å². The molecule has 194 valence electrons. The molecule has 2 aliphatic heterocycles. The lowest BCUT2D eigenvalue weighted by atomic mass is 10.0. The van der Waals surface area contributed by atoms with Gasteiger partial charge in [-0.3, -0.25) is 0 Å². The quantitative estimate of drug-likeness (QED) is 0.299. The molecule has 2 aliphatic rings. The number of fused-ring (bicyclic) bond motifs is 1. The number of nitrogens with zero attached hydrogens (tertiary/aromatic N) is 3. The minimum atomic E-state index is -3.66. The van der Waals surface area contributed by atoms with Crippen molar-refractivity contribution >= 4 is 32.8 Å². The maximum atomic E-state index is 14.2. The fourth-order valence-electron chi connectivity index (χ4n) is 4.90. The third-order valence-electron chi connectivity index (χ3n) is 6.78. The topological polar surface area (TPSA) is 64.4 Å².